The first-order chi connectivity index (χ1) is 17.6. The Morgan fingerprint density at radius 2 is 1.27 bits per heavy atom. The highest BCUT2D eigenvalue weighted by Crippen LogP contribution is 2.48. The molecule has 196 valence electrons. The quantitative estimate of drug-likeness (QED) is 0.251. The summed E-state index contributed by atoms with van der Waals surface area (Å²) in [4.78, 5) is 2.58. The molecule has 3 nitrogen and oxygen atoms in total. The van der Waals surface area contributed by atoms with Crippen molar-refractivity contribution in [1.82, 2.24) is 4.90 Å². The molecule has 3 aromatic carbocycles. The molecule has 0 unspecified atom stereocenters. The van der Waals surface area contributed by atoms with Gasteiger partial charge in [-0.05, 0) is 68.9 Å². The summed E-state index contributed by atoms with van der Waals surface area (Å²) in [6.07, 6.45) is 0.966. The molecule has 0 radical (unpaired) electrons. The average molecular weight is 518 g/mol. The predicted octanol–water partition coefficient (Wildman–Crippen LogP) is 8.59. The number of rotatable bonds is 10. The number of nitrogens with zero attached hydrogens (tertiary/aromatic N) is 1. The van der Waals surface area contributed by atoms with Gasteiger partial charge in [-0.15, -0.1) is 0 Å². The Bertz CT molecular complexity index is 1080. The molecular formula is C32H41BClNO2. The molecule has 37 heavy (non-hydrogen) atoms. The van der Waals surface area contributed by atoms with Gasteiger partial charge in [-0.25, -0.2) is 0 Å². The van der Waals surface area contributed by atoms with Gasteiger partial charge in [-0.2, -0.15) is 0 Å². The number of halogens is 1. The maximum atomic E-state index is 6.73. The highest BCUT2D eigenvalue weighted by atomic mass is 35.5. The first-order valence-electron chi connectivity index (χ1n) is 13.5. The van der Waals surface area contributed by atoms with E-state index < -0.39 is 11.2 Å². The van der Waals surface area contributed by atoms with Gasteiger partial charge in [-0.3, -0.25) is 4.90 Å². The van der Waals surface area contributed by atoms with Crippen LogP contribution in [0.25, 0.3) is 0 Å². The lowest BCUT2D eigenvalue weighted by molar-refractivity contribution is 0.00578. The number of hydrogen-bond donors (Lipinski definition) is 0. The lowest BCUT2D eigenvalue weighted by Crippen LogP contribution is -2.41. The zero-order valence-corrected chi connectivity index (χ0v) is 23.9. The molecule has 5 heteroatoms. The highest BCUT2D eigenvalue weighted by molar-refractivity contribution is 6.47. The highest BCUT2D eigenvalue weighted by Gasteiger charge is 2.55. The fraction of sp³-hybridized carbons (Fsp3) is 0.438. The minimum atomic E-state index is -0.393. The van der Waals surface area contributed by atoms with E-state index >= 15 is 0 Å². The fourth-order valence-corrected chi connectivity index (χ4v) is 5.50. The van der Waals surface area contributed by atoms with Gasteiger partial charge >= 0.3 is 7.12 Å². The van der Waals surface area contributed by atoms with Gasteiger partial charge in [0.25, 0.3) is 0 Å². The van der Waals surface area contributed by atoms with E-state index in [1.807, 2.05) is 6.07 Å². The third kappa shape index (κ3) is 6.86. The Balaban J connectivity index is 1.83. The predicted molar refractivity (Wildman–Crippen MR) is 156 cm³/mol. The molecule has 4 rings (SSSR count). The van der Waals surface area contributed by atoms with Gasteiger partial charge in [-0.1, -0.05) is 98.2 Å². The van der Waals surface area contributed by atoms with Crippen LogP contribution in [0.4, 0.5) is 0 Å². The van der Waals surface area contributed by atoms with Crippen molar-refractivity contribution < 1.29 is 9.31 Å². The first-order valence-corrected chi connectivity index (χ1v) is 13.9. The summed E-state index contributed by atoms with van der Waals surface area (Å²) in [7, 11) is -0.328. The van der Waals surface area contributed by atoms with Crippen LogP contribution >= 0.6 is 11.6 Å². The van der Waals surface area contributed by atoms with Crippen LogP contribution in [0.1, 0.15) is 70.7 Å². The summed E-state index contributed by atoms with van der Waals surface area (Å²) in [6, 6.07) is 29.8. The zero-order chi connectivity index (χ0) is 26.6. The normalized spacial score (nSPS) is 18.4. The second kappa shape index (κ2) is 11.7. The summed E-state index contributed by atoms with van der Waals surface area (Å²) < 4.78 is 13.5. The van der Waals surface area contributed by atoms with Crippen LogP contribution in [0.2, 0.25) is 10.8 Å². The van der Waals surface area contributed by atoms with Crippen molar-refractivity contribution >= 4 is 18.7 Å². The second-order valence-electron chi connectivity index (χ2n) is 11.8. The molecule has 1 heterocycles. The molecule has 0 saturated carbocycles. The van der Waals surface area contributed by atoms with Crippen LogP contribution < -0.4 is 0 Å². The summed E-state index contributed by atoms with van der Waals surface area (Å²) in [6.45, 7) is 14.7. The molecule has 3 aromatic rings. The van der Waals surface area contributed by atoms with E-state index in [-0.39, 0.29) is 19.0 Å². The van der Waals surface area contributed by atoms with E-state index in [1.165, 1.54) is 16.7 Å². The SMILES string of the molecule is CC(C)C[C@@H](B1OC(C)(C)C(C)(C)O1)[C@H](c1cccc(Cl)c1)N(Cc1ccccc1)Cc1ccccc1. The molecule has 1 aliphatic heterocycles. The molecular weight excluding hydrogens is 477 g/mol. The van der Waals surface area contributed by atoms with Crippen LogP contribution in [-0.2, 0) is 22.4 Å². The molecule has 1 saturated heterocycles. The fourth-order valence-electron chi connectivity index (χ4n) is 5.30. The van der Waals surface area contributed by atoms with E-state index in [0.717, 1.165) is 24.5 Å². The molecule has 0 bridgehead atoms. The Morgan fingerprint density at radius 3 is 1.73 bits per heavy atom. The maximum absolute atomic E-state index is 6.73. The lowest BCUT2D eigenvalue weighted by Gasteiger charge is -2.39. The molecule has 0 aromatic heterocycles. The van der Waals surface area contributed by atoms with Crippen molar-refractivity contribution in [1.29, 1.82) is 0 Å². The Morgan fingerprint density at radius 1 is 0.757 bits per heavy atom. The third-order valence-electron chi connectivity index (χ3n) is 7.81. The van der Waals surface area contributed by atoms with E-state index in [4.69, 9.17) is 20.9 Å². The summed E-state index contributed by atoms with van der Waals surface area (Å²) >= 11 is 6.59. The summed E-state index contributed by atoms with van der Waals surface area (Å²) in [5.41, 5.74) is 2.97. The van der Waals surface area contributed by atoms with Crippen LogP contribution in [0.15, 0.2) is 84.9 Å². The van der Waals surface area contributed by atoms with E-state index in [1.54, 1.807) is 0 Å². The van der Waals surface area contributed by atoms with Gasteiger partial charge < -0.3 is 9.31 Å². The third-order valence-corrected chi connectivity index (χ3v) is 8.05. The van der Waals surface area contributed by atoms with Crippen LogP contribution in [0, 0.1) is 5.92 Å². The Kier molecular flexibility index (Phi) is 8.86. The zero-order valence-electron chi connectivity index (χ0n) is 23.2. The summed E-state index contributed by atoms with van der Waals surface area (Å²) in [5, 5.41) is 0.749. The molecule has 0 aliphatic carbocycles. The van der Waals surface area contributed by atoms with Crippen LogP contribution in [-0.4, -0.2) is 23.2 Å². The Hall–Kier alpha value is -2.11. The maximum Gasteiger partial charge on any atom is 0.463 e. The second-order valence-corrected chi connectivity index (χ2v) is 12.2. The molecule has 0 N–H and O–H groups in total. The van der Waals surface area contributed by atoms with Crippen LogP contribution in [0.3, 0.4) is 0 Å². The van der Waals surface area contributed by atoms with Gasteiger partial charge in [0.15, 0.2) is 0 Å². The molecule has 0 spiro atoms. The molecule has 0 amide bonds. The minimum Gasteiger partial charge on any atom is -0.403 e. The van der Waals surface area contributed by atoms with E-state index in [2.05, 4.69) is 125 Å². The summed E-state index contributed by atoms with van der Waals surface area (Å²) in [5.74, 6) is 0.577. The molecule has 1 aliphatic rings. The average Bonchev–Trinajstić information content (AvgIpc) is 3.06. The minimum absolute atomic E-state index is 0.0382. The number of hydrogen-bond acceptors (Lipinski definition) is 3. The van der Waals surface area contributed by atoms with Crippen molar-refractivity contribution in [3.8, 4) is 0 Å². The van der Waals surface area contributed by atoms with E-state index in [9.17, 15) is 0 Å². The van der Waals surface area contributed by atoms with Crippen molar-refractivity contribution in [3.63, 3.8) is 0 Å². The lowest BCUT2D eigenvalue weighted by atomic mass is 9.62. The Labute approximate surface area is 229 Å². The van der Waals surface area contributed by atoms with Crippen molar-refractivity contribution in [2.75, 3.05) is 0 Å². The monoisotopic (exact) mass is 517 g/mol. The van der Waals surface area contributed by atoms with Gasteiger partial charge in [0.2, 0.25) is 0 Å². The van der Waals surface area contributed by atoms with Crippen molar-refractivity contribution in [3.05, 3.63) is 107 Å². The molecule has 1 fully saturated rings. The van der Waals surface area contributed by atoms with E-state index in [0.29, 0.717) is 5.92 Å². The van der Waals surface area contributed by atoms with Gasteiger partial charge in [0.1, 0.15) is 0 Å². The topological polar surface area (TPSA) is 21.7 Å². The van der Waals surface area contributed by atoms with Crippen LogP contribution in [0.5, 0.6) is 0 Å². The number of benzene rings is 3. The van der Waals surface area contributed by atoms with Crippen molar-refractivity contribution in [2.24, 2.45) is 5.92 Å². The van der Waals surface area contributed by atoms with Gasteiger partial charge in [0, 0.05) is 30.0 Å². The molecule has 2 atom stereocenters. The van der Waals surface area contributed by atoms with Crippen molar-refractivity contribution in [2.45, 2.75) is 84.1 Å². The standard InChI is InChI=1S/C32H41BClNO2/c1-24(2)20-29(33-36-31(3,4)32(5,6)37-33)30(27-18-13-19-28(34)21-27)35(22-25-14-9-7-10-15-25)23-26-16-11-8-12-17-26/h7-19,21,24,29-30H,20,22-23H2,1-6H3/t29-,30+/m1/s1. The van der Waals surface area contributed by atoms with Gasteiger partial charge in [0.05, 0.1) is 11.2 Å². The largest absolute Gasteiger partial charge is 0.463 e. The smallest absolute Gasteiger partial charge is 0.403 e. The first kappa shape index (κ1) is 27.9.